The first-order valence-electron chi connectivity index (χ1n) is 21.2. The van der Waals surface area contributed by atoms with Crippen molar-refractivity contribution in [3.05, 3.63) is 12.2 Å². The Kier molecular flexibility index (Phi) is 19.0. The van der Waals surface area contributed by atoms with Crippen molar-refractivity contribution in [1.82, 2.24) is 10.2 Å². The maximum atomic E-state index is 14.2. The van der Waals surface area contributed by atoms with Gasteiger partial charge in [-0.25, -0.2) is 9.59 Å². The van der Waals surface area contributed by atoms with Crippen LogP contribution in [0.1, 0.15) is 74.1 Å². The molecule has 5 N–H and O–H groups in total. The molecule has 4 rings (SSSR count). The number of carboxylic acids is 1. The first-order valence-corrected chi connectivity index (χ1v) is 22.3. The van der Waals surface area contributed by atoms with E-state index in [1.807, 2.05) is 39.8 Å². The highest BCUT2D eigenvalue weighted by atomic mass is 32.2. The minimum absolute atomic E-state index is 0.0878. The van der Waals surface area contributed by atoms with Crippen molar-refractivity contribution in [2.24, 2.45) is 17.8 Å². The fourth-order valence-corrected chi connectivity index (χ4v) is 10.1. The number of nitrogens with one attached hydrogen (secondary N) is 1. The molecule has 0 aromatic carbocycles. The van der Waals surface area contributed by atoms with Crippen LogP contribution in [0.4, 0.5) is 0 Å². The predicted molar refractivity (Wildman–Crippen MR) is 221 cm³/mol. The van der Waals surface area contributed by atoms with E-state index in [-0.39, 0.29) is 42.4 Å². The van der Waals surface area contributed by atoms with Crippen LogP contribution in [0.3, 0.4) is 0 Å². The topological polar surface area (TPSA) is 242 Å². The second-order valence-electron chi connectivity index (χ2n) is 17.4. The number of hydrogen-bond acceptors (Lipinski definition) is 17. The van der Waals surface area contributed by atoms with Gasteiger partial charge in [-0.15, -0.1) is 0 Å². The van der Waals surface area contributed by atoms with Gasteiger partial charge >= 0.3 is 11.9 Å². The number of aliphatic carboxylic acids is 1. The van der Waals surface area contributed by atoms with Crippen LogP contribution < -0.4 is 5.32 Å². The Morgan fingerprint density at radius 2 is 1.66 bits per heavy atom. The number of Topliss-reactive ketones (excluding diaryl/α,β-unsaturated/α-hetero) is 1. The monoisotopic (exact) mass is 890 g/mol. The minimum Gasteiger partial charge on any atom is -0.480 e. The molecule has 61 heavy (non-hydrogen) atoms. The molecular formula is C42H70N2O16S. The number of carbonyl (C=O) groups excluding carboxylic acids is 3. The summed E-state index contributed by atoms with van der Waals surface area (Å²) in [6.45, 7) is 11.6. The number of aliphatic hydroxyl groups excluding tert-OH is 2. The molecule has 0 radical (unpaired) electrons. The number of methoxy groups -OCH3 is 2. The zero-order valence-electron chi connectivity index (χ0n) is 37.3. The van der Waals surface area contributed by atoms with Gasteiger partial charge in [-0.2, -0.15) is 11.8 Å². The molecule has 1 amide bonds. The van der Waals surface area contributed by atoms with Crippen molar-refractivity contribution in [2.45, 2.75) is 171 Å². The number of amides is 1. The lowest BCUT2D eigenvalue weighted by Crippen LogP contribution is -2.61. The second kappa shape index (κ2) is 22.6. The Morgan fingerprint density at radius 3 is 2.25 bits per heavy atom. The summed E-state index contributed by atoms with van der Waals surface area (Å²) in [5, 5.41) is 46.4. The number of hydrogen-bond donors (Lipinski definition) is 5. The van der Waals surface area contributed by atoms with Crippen molar-refractivity contribution in [3.8, 4) is 0 Å². The molecule has 4 aliphatic rings. The Bertz CT molecular complexity index is 1510. The van der Waals surface area contributed by atoms with E-state index in [1.165, 1.54) is 27.2 Å². The quantitative estimate of drug-likeness (QED) is 0.122. The average Bonchev–Trinajstić information content (AvgIpc) is 4.01. The first kappa shape index (κ1) is 51.4. The fraction of sp³-hybridized carbons (Fsp3) is 0.857. The normalized spacial score (nSPS) is 42.6. The molecule has 19 heteroatoms. The van der Waals surface area contributed by atoms with Crippen LogP contribution in [0.15, 0.2) is 12.2 Å². The molecule has 3 fully saturated rings. The summed E-state index contributed by atoms with van der Waals surface area (Å²) in [6.07, 6.45) is -6.82. The van der Waals surface area contributed by atoms with Gasteiger partial charge in [0, 0.05) is 62.5 Å². The summed E-state index contributed by atoms with van der Waals surface area (Å²) in [4.78, 5) is 53.9. The van der Waals surface area contributed by atoms with E-state index in [2.05, 4.69) is 5.32 Å². The predicted octanol–water partition coefficient (Wildman–Crippen LogP) is 1.29. The third kappa shape index (κ3) is 12.9. The molecule has 0 aromatic heterocycles. The van der Waals surface area contributed by atoms with Gasteiger partial charge in [-0.05, 0) is 53.1 Å². The highest BCUT2D eigenvalue weighted by Crippen LogP contribution is 2.45. The number of rotatable bonds is 14. The van der Waals surface area contributed by atoms with Crippen molar-refractivity contribution < 1.29 is 77.5 Å². The van der Waals surface area contributed by atoms with Crippen molar-refractivity contribution in [2.75, 3.05) is 40.7 Å². The second-order valence-corrected chi connectivity index (χ2v) is 18.7. The molecule has 0 aromatic rings. The summed E-state index contributed by atoms with van der Waals surface area (Å²) in [7, 11) is 6.57. The van der Waals surface area contributed by atoms with Gasteiger partial charge in [0.25, 0.3) is 0 Å². The van der Waals surface area contributed by atoms with Gasteiger partial charge in [0.15, 0.2) is 18.2 Å². The molecule has 0 aliphatic carbocycles. The van der Waals surface area contributed by atoms with Crippen LogP contribution in [0.5, 0.6) is 0 Å². The summed E-state index contributed by atoms with van der Waals surface area (Å²) in [5.41, 5.74) is -2.05. The van der Waals surface area contributed by atoms with E-state index in [0.717, 1.165) is 11.8 Å². The number of ketones is 1. The zero-order valence-corrected chi connectivity index (χ0v) is 38.1. The summed E-state index contributed by atoms with van der Waals surface area (Å²) in [5.74, 6) is -4.11. The van der Waals surface area contributed by atoms with E-state index in [1.54, 1.807) is 26.8 Å². The van der Waals surface area contributed by atoms with Crippen LogP contribution in [0.2, 0.25) is 0 Å². The van der Waals surface area contributed by atoms with Gasteiger partial charge < -0.3 is 68.5 Å². The Balaban J connectivity index is 1.72. The number of aliphatic hydroxyl groups is 3. The molecule has 350 valence electrons. The number of esters is 1. The van der Waals surface area contributed by atoms with Crippen LogP contribution in [0.25, 0.3) is 0 Å². The SMILES string of the molecule is CC[C@H]1OC(=O)/C=C/[C@H](C)[C@@H](O[C@H]2O[C@@H](C)C[C@@H](N(C)C)[C@@H]2O)[C@H](C)C[C@@H](C)C(=O)C[C@@H](SC[C@@H](NC(C)=O)C(=O)O)[C@H]2O[C@@H]2[C@]1(O)CO[C@@H]1O[C@H](C)[C@@H](O)[C@H](OC)[C@H]1OC. The van der Waals surface area contributed by atoms with Crippen molar-refractivity contribution >= 4 is 35.4 Å². The lowest BCUT2D eigenvalue weighted by molar-refractivity contribution is -0.313. The molecule has 0 bridgehead atoms. The number of nitrogens with zero attached hydrogens (tertiary/aromatic N) is 1. The third-order valence-corrected chi connectivity index (χ3v) is 13.8. The molecular weight excluding hydrogens is 821 g/mol. The number of fused-ring (bicyclic) bond motifs is 1. The highest BCUT2D eigenvalue weighted by molar-refractivity contribution is 8.00. The summed E-state index contributed by atoms with van der Waals surface area (Å²) >= 11 is 1.12. The van der Waals surface area contributed by atoms with E-state index < -0.39 is 121 Å². The maximum Gasteiger partial charge on any atom is 0.330 e. The number of cyclic esters (lactones) is 1. The van der Waals surface area contributed by atoms with Gasteiger partial charge in [-0.1, -0.05) is 33.8 Å². The molecule has 0 spiro atoms. The molecule has 18 nitrogen and oxygen atoms in total. The highest BCUT2D eigenvalue weighted by Gasteiger charge is 2.62. The molecule has 4 heterocycles. The minimum atomic E-state index is -2.05. The average molecular weight is 891 g/mol. The molecule has 0 unspecified atom stereocenters. The standard InChI is InChI=1S/C42H70N2O16S/c1-12-30-42(52,19-55-41-37(54-11)36(53-10)32(48)24(6)57-41)38-35(59-38)29(61-18-26(39(50)51)43-25(7)45)17-28(46)21(3)15-22(4)34(20(2)13-14-31(47)58-30)60-40-33(49)27(44(8)9)16-23(5)56-40/h13-14,20-24,26-27,29-30,32-38,40-41,48-49,52H,12,15-19H2,1-11H3,(H,43,45)(H,50,51)/b14-13+/t20-,21+,22+,23-,24+,26+,27+,29+,30+,32+,33-,34+,35+,36-,37+,38-,40+,41+,42-/m0/s1. The number of ether oxygens (including phenoxy) is 8. The van der Waals surface area contributed by atoms with Gasteiger partial charge in [-0.3, -0.25) is 9.59 Å². The largest absolute Gasteiger partial charge is 0.480 e. The number of carboxylic acid groups (broad SMARTS) is 1. The molecule has 0 saturated carbocycles. The van der Waals surface area contributed by atoms with Gasteiger partial charge in [0.1, 0.15) is 48.4 Å². The Labute approximate surface area is 363 Å². The smallest absolute Gasteiger partial charge is 0.330 e. The van der Waals surface area contributed by atoms with E-state index in [9.17, 15) is 39.6 Å². The van der Waals surface area contributed by atoms with Gasteiger partial charge in [0.2, 0.25) is 5.91 Å². The molecule has 4 aliphatic heterocycles. The fourth-order valence-electron chi connectivity index (χ4n) is 8.80. The van der Waals surface area contributed by atoms with E-state index in [4.69, 9.17) is 37.9 Å². The lowest BCUT2D eigenvalue weighted by Gasteiger charge is -2.43. The Morgan fingerprint density at radius 1 is 0.984 bits per heavy atom. The van der Waals surface area contributed by atoms with Crippen LogP contribution >= 0.6 is 11.8 Å². The summed E-state index contributed by atoms with van der Waals surface area (Å²) in [6, 6.07) is -1.51. The van der Waals surface area contributed by atoms with Crippen LogP contribution in [-0.4, -0.2) is 186 Å². The lowest BCUT2D eigenvalue weighted by atomic mass is 9.83. The third-order valence-electron chi connectivity index (χ3n) is 12.4. The Hall–Kier alpha value is -2.27. The van der Waals surface area contributed by atoms with Crippen LogP contribution in [0, 0.1) is 17.8 Å². The molecule has 3 saturated heterocycles. The maximum absolute atomic E-state index is 14.2. The van der Waals surface area contributed by atoms with E-state index >= 15 is 0 Å². The summed E-state index contributed by atoms with van der Waals surface area (Å²) < 4.78 is 48.2. The number of thioether (sulfide) groups is 1. The first-order chi connectivity index (χ1) is 28.7. The number of carbonyl (C=O) groups is 4. The van der Waals surface area contributed by atoms with Gasteiger partial charge in [0.05, 0.1) is 31.0 Å². The number of likely N-dealkylation sites (N-methyl/N-ethyl adjacent to an activating group) is 1. The van der Waals surface area contributed by atoms with Crippen molar-refractivity contribution in [1.29, 1.82) is 0 Å². The zero-order chi connectivity index (χ0) is 45.5. The number of epoxide rings is 1. The van der Waals surface area contributed by atoms with Crippen LogP contribution in [-0.2, 0) is 57.1 Å². The van der Waals surface area contributed by atoms with Crippen molar-refractivity contribution in [3.63, 3.8) is 0 Å². The van der Waals surface area contributed by atoms with E-state index in [0.29, 0.717) is 12.8 Å². The molecule has 19 atom stereocenters.